The number of aliphatic hydroxyl groups excluding tert-OH is 3. The second-order valence-corrected chi connectivity index (χ2v) is 26.0. The molecule has 6 aliphatic rings. The van der Waals surface area contributed by atoms with Gasteiger partial charge in [-0.15, -0.1) is 0 Å². The first kappa shape index (κ1) is 67.6. The van der Waals surface area contributed by atoms with E-state index < -0.39 is 109 Å². The molecule has 464 valence electrons. The number of hydrogen-bond donors (Lipinski definition) is 7. The molecule has 2 bridgehead atoms. The lowest BCUT2D eigenvalue weighted by molar-refractivity contribution is -0.336. The van der Waals surface area contributed by atoms with Crippen LogP contribution in [-0.2, 0) is 61.8 Å². The highest BCUT2D eigenvalue weighted by Crippen LogP contribution is 2.42. The first-order valence-corrected chi connectivity index (χ1v) is 32.6. The van der Waals surface area contributed by atoms with Crippen LogP contribution in [0.5, 0.6) is 11.5 Å². The van der Waals surface area contributed by atoms with E-state index in [9.17, 15) is 34.8 Å². The lowest BCUT2D eigenvalue weighted by Crippen LogP contribution is -2.65. The van der Waals surface area contributed by atoms with Crippen LogP contribution >= 0.6 is 43.2 Å². The second-order valence-electron chi connectivity index (χ2n) is 20.6. The first-order chi connectivity index (χ1) is 40.2. The van der Waals surface area contributed by atoms with Crippen LogP contribution in [0, 0.1) is 23.7 Å². The van der Waals surface area contributed by atoms with Crippen molar-refractivity contribution in [3.63, 3.8) is 0 Å². The normalized spacial score (nSPS) is 35.4. The topological polar surface area (TPSA) is 288 Å². The van der Waals surface area contributed by atoms with Gasteiger partial charge in [0.25, 0.3) is 5.91 Å². The summed E-state index contributed by atoms with van der Waals surface area (Å²) < 4.78 is 72.6. The molecule has 0 saturated carbocycles. The third-order valence-electron chi connectivity index (χ3n) is 14.7. The summed E-state index contributed by atoms with van der Waals surface area (Å²) in [5.41, 5.74) is 0.432. The molecule has 0 radical (unpaired) electrons. The van der Waals surface area contributed by atoms with E-state index in [1.165, 1.54) is 102 Å². The predicted octanol–water partition coefficient (Wildman–Crippen LogP) is 3.73. The Labute approximate surface area is 505 Å². The van der Waals surface area contributed by atoms with E-state index in [0.717, 1.165) is 0 Å². The van der Waals surface area contributed by atoms with E-state index in [0.29, 0.717) is 0 Å². The van der Waals surface area contributed by atoms with Crippen LogP contribution in [0.4, 0.5) is 5.69 Å². The van der Waals surface area contributed by atoms with Crippen molar-refractivity contribution in [1.29, 1.82) is 0 Å². The molecule has 1 aromatic carbocycles. The Balaban J connectivity index is 1.19. The van der Waals surface area contributed by atoms with Gasteiger partial charge in [-0.05, 0) is 61.3 Å². The maximum atomic E-state index is 14.9. The summed E-state index contributed by atoms with van der Waals surface area (Å²) in [7, 11) is 10.00. The molecule has 1 amide bonds. The fourth-order valence-corrected chi connectivity index (χ4v) is 13.7. The van der Waals surface area contributed by atoms with E-state index in [1.54, 1.807) is 20.1 Å². The van der Waals surface area contributed by atoms with Crippen molar-refractivity contribution in [1.82, 2.24) is 10.8 Å². The van der Waals surface area contributed by atoms with Crippen molar-refractivity contribution in [3.05, 3.63) is 65.5 Å². The van der Waals surface area contributed by atoms with Gasteiger partial charge in [0.15, 0.2) is 59.9 Å². The minimum absolute atomic E-state index is 0.0577. The molecule has 23 nitrogen and oxygen atoms in total. The summed E-state index contributed by atoms with van der Waals surface area (Å²) in [5.74, 6) is 9.43. The SMILES string of the molecule is C=C(OC)C(=O)Nc1cc(OC)c(OC)cc1C(=O)O[C@H]1CC(O[C@@H]2C(=O)C=C3C(=CCSSSC)[C@]2(O)C#CC=CC#C[C@@H]3O[C@@H]2O[C@H](C)[C@@H](NO[C@H]3C[C@H](O)[C@H](SC)[C@@H](C)O3)[C@H](O)[C@H]2O[C@H]2C[C@H](OC)[C@@H](NC(C)C)CO2)O[C@@H](C)[C@@H]1O. The Morgan fingerprint density at radius 3 is 2.29 bits per heavy atom. The Bertz CT molecular complexity index is 2690. The highest BCUT2D eigenvalue weighted by Gasteiger charge is 2.54. The molecule has 7 N–H and O–H groups in total. The molecule has 19 atom stereocenters. The van der Waals surface area contributed by atoms with Crippen LogP contribution in [-0.4, -0.2) is 213 Å². The largest absolute Gasteiger partial charge is 0.493 e. The van der Waals surface area contributed by atoms with E-state index in [1.807, 2.05) is 33.3 Å². The number of rotatable bonds is 24. The quantitative estimate of drug-likeness (QED) is 0.0148. The number of hydrogen-bond acceptors (Lipinski definition) is 26. The van der Waals surface area contributed by atoms with Crippen LogP contribution in [0.3, 0.4) is 0 Å². The molecule has 4 saturated heterocycles. The smallest absolute Gasteiger partial charge is 0.340 e. The zero-order valence-corrected chi connectivity index (χ0v) is 51.9. The number of amides is 1. The molecule has 4 aliphatic heterocycles. The van der Waals surface area contributed by atoms with E-state index in [2.05, 4.69) is 46.4 Å². The maximum Gasteiger partial charge on any atom is 0.340 e. The number of anilines is 1. The molecular formula is C57H77N3O20S4. The summed E-state index contributed by atoms with van der Waals surface area (Å²) in [5, 5.41) is 53.8. The number of ketones is 1. The van der Waals surface area contributed by atoms with Crippen molar-refractivity contribution < 1.29 is 96.5 Å². The van der Waals surface area contributed by atoms with Gasteiger partial charge in [-0.3, -0.25) is 14.4 Å². The van der Waals surface area contributed by atoms with Crippen LogP contribution < -0.4 is 25.6 Å². The van der Waals surface area contributed by atoms with Gasteiger partial charge in [0.2, 0.25) is 0 Å². The Kier molecular flexibility index (Phi) is 25.2. The zero-order valence-electron chi connectivity index (χ0n) is 48.6. The summed E-state index contributed by atoms with van der Waals surface area (Å²) in [6.07, 6.45) is -7.09. The van der Waals surface area contributed by atoms with Crippen LogP contribution in [0.25, 0.3) is 0 Å². The summed E-state index contributed by atoms with van der Waals surface area (Å²) >= 11 is 1.49. The fourth-order valence-electron chi connectivity index (χ4n) is 10.4. The second kappa shape index (κ2) is 31.3. The van der Waals surface area contributed by atoms with Gasteiger partial charge in [-0.1, -0.05) is 71.8 Å². The Morgan fingerprint density at radius 2 is 1.61 bits per heavy atom. The van der Waals surface area contributed by atoms with Crippen molar-refractivity contribution in [2.24, 2.45) is 0 Å². The molecule has 4 heterocycles. The summed E-state index contributed by atoms with van der Waals surface area (Å²) in [6, 6.07) is 1.62. The zero-order chi connectivity index (χ0) is 61.0. The molecule has 0 aromatic heterocycles. The van der Waals surface area contributed by atoms with Crippen molar-refractivity contribution in [2.75, 3.05) is 58.6 Å². The molecule has 7 rings (SSSR count). The molecule has 2 aliphatic carbocycles. The van der Waals surface area contributed by atoms with Gasteiger partial charge in [0, 0.05) is 61.4 Å². The minimum atomic E-state index is -2.44. The van der Waals surface area contributed by atoms with Gasteiger partial charge < -0.3 is 87.9 Å². The molecular weight excluding hydrogens is 1170 g/mol. The number of hydroxylamine groups is 1. The van der Waals surface area contributed by atoms with Crippen molar-refractivity contribution in [3.8, 4) is 35.2 Å². The Morgan fingerprint density at radius 1 is 0.893 bits per heavy atom. The number of allylic oxidation sites excluding steroid dienone is 2. The third kappa shape index (κ3) is 16.4. The number of esters is 1. The van der Waals surface area contributed by atoms with Crippen LogP contribution in [0.15, 0.2) is 59.9 Å². The minimum Gasteiger partial charge on any atom is -0.493 e. The average Bonchev–Trinajstić information content (AvgIpc) is 1.27. The maximum absolute atomic E-state index is 14.9. The van der Waals surface area contributed by atoms with Crippen LogP contribution in [0.2, 0.25) is 0 Å². The number of ether oxygens (including phenoxy) is 12. The molecule has 84 heavy (non-hydrogen) atoms. The number of aliphatic hydroxyl groups is 4. The molecule has 1 aromatic rings. The third-order valence-corrected chi connectivity index (χ3v) is 19.6. The van der Waals surface area contributed by atoms with Gasteiger partial charge in [0.1, 0.15) is 30.5 Å². The first-order valence-electron chi connectivity index (χ1n) is 27.2. The van der Waals surface area contributed by atoms with Gasteiger partial charge in [-0.2, -0.15) is 17.2 Å². The molecule has 4 fully saturated rings. The molecule has 27 heteroatoms. The summed E-state index contributed by atoms with van der Waals surface area (Å²) in [4.78, 5) is 47.9. The number of carbonyl (C=O) groups is 3. The number of benzene rings is 1. The van der Waals surface area contributed by atoms with Gasteiger partial charge >= 0.3 is 5.97 Å². The van der Waals surface area contributed by atoms with Crippen molar-refractivity contribution in [2.45, 2.75) is 175 Å². The summed E-state index contributed by atoms with van der Waals surface area (Å²) in [6.45, 7) is 12.9. The van der Waals surface area contributed by atoms with E-state index in [4.69, 9.17) is 61.7 Å². The van der Waals surface area contributed by atoms with E-state index in [-0.39, 0.29) is 101 Å². The fraction of sp³-hybridized carbons (Fsp3) is 0.632. The lowest BCUT2D eigenvalue weighted by Gasteiger charge is -2.47. The van der Waals surface area contributed by atoms with Gasteiger partial charge in [0.05, 0.1) is 87.0 Å². The Hall–Kier alpha value is -3.89. The van der Waals surface area contributed by atoms with Crippen LogP contribution in [0.1, 0.15) is 64.2 Å². The number of thioether (sulfide) groups is 1. The molecule has 0 spiro atoms. The highest BCUT2D eigenvalue weighted by molar-refractivity contribution is 9.09. The predicted molar refractivity (Wildman–Crippen MR) is 315 cm³/mol. The highest BCUT2D eigenvalue weighted by atomic mass is 33.5. The number of fused-ring (bicyclic) bond motifs is 2. The monoisotopic (exact) mass is 1250 g/mol. The average molecular weight is 1250 g/mol. The number of nitrogens with one attached hydrogen (secondary N) is 3. The van der Waals surface area contributed by atoms with E-state index >= 15 is 0 Å². The number of carbonyl (C=O) groups excluding carboxylic acids is 3. The standard InChI is InChI=1S/C57H77N3O20S4/c1-28(2)58-37-27-72-45(25-41(37)69-8)78-51-50(64)48(60-80-47-24-38(61)52(81-11)31(5)74-47)29(3)75-56(51)77-40-17-15-13-14-16-19-57(67)35(18-20-83-84-82-12)33(40)21-39(62)53(57)79-46-26-44(49(63)30(4)73-46)76-55(66)34-22-42(70-9)43(71-10)23-36(34)59-54(65)32(6)68-7/h13-14,18,21-23,28-31,37-38,40-41,44-53,56,58,60-61,63-64,67H,6,20,24-27H2,1-5,7-12H3,(H,59,65)/t29-,30+,31-,37+,38+,40+,41+,44+,45+,46?,47+,48-,49+,50+,51-,52-,53-,56+,57-/m1/s1. The lowest BCUT2D eigenvalue weighted by atomic mass is 9.75. The molecule has 1 unspecified atom stereocenters. The number of methoxy groups -OCH3 is 4. The van der Waals surface area contributed by atoms with Crippen molar-refractivity contribution >= 4 is 66.5 Å². The van der Waals surface area contributed by atoms with Gasteiger partial charge in [-0.25, -0.2) is 4.79 Å².